The Hall–Kier alpha value is -1.18. The highest BCUT2D eigenvalue weighted by Gasteiger charge is 2.02. The summed E-state index contributed by atoms with van der Waals surface area (Å²) < 4.78 is 10.4. The monoisotopic (exact) mass is 210 g/mol. The van der Waals surface area contributed by atoms with E-state index in [1.807, 2.05) is 32.0 Å². The van der Waals surface area contributed by atoms with E-state index in [-0.39, 0.29) is 0 Å². The number of methoxy groups -OCH3 is 2. The van der Waals surface area contributed by atoms with Gasteiger partial charge in [0.25, 0.3) is 0 Å². The van der Waals surface area contributed by atoms with Crippen LogP contribution in [0.5, 0.6) is 11.5 Å². The molecule has 86 valence electrons. The van der Waals surface area contributed by atoms with E-state index < -0.39 is 0 Å². The molecule has 0 amide bonds. The molecule has 0 fully saturated rings. The largest absolute Gasteiger partial charge is 0.497 e. The van der Waals surface area contributed by atoms with Gasteiger partial charge in [-0.1, -0.05) is 27.2 Å². The fourth-order valence-corrected chi connectivity index (χ4v) is 1.35. The van der Waals surface area contributed by atoms with E-state index in [1.165, 1.54) is 5.56 Å². The van der Waals surface area contributed by atoms with Crippen molar-refractivity contribution >= 4 is 0 Å². The molecular weight excluding hydrogens is 188 g/mol. The summed E-state index contributed by atoms with van der Waals surface area (Å²) in [5, 5.41) is 0. The Bertz CT molecular complexity index is 269. The van der Waals surface area contributed by atoms with Crippen LogP contribution in [0.15, 0.2) is 18.2 Å². The Morgan fingerprint density at radius 3 is 2.20 bits per heavy atom. The van der Waals surface area contributed by atoms with Gasteiger partial charge in [-0.2, -0.15) is 0 Å². The summed E-state index contributed by atoms with van der Waals surface area (Å²) >= 11 is 0. The minimum absolute atomic E-state index is 0.893. The zero-order valence-corrected chi connectivity index (χ0v) is 10.5. The molecule has 0 aliphatic heterocycles. The molecule has 0 spiro atoms. The summed E-state index contributed by atoms with van der Waals surface area (Å²) in [7, 11) is 3.37. The summed E-state index contributed by atoms with van der Waals surface area (Å²) in [5.41, 5.74) is 1.21. The third-order valence-electron chi connectivity index (χ3n) is 2.01. The summed E-state index contributed by atoms with van der Waals surface area (Å²) in [6.45, 7) is 6.15. The highest BCUT2D eigenvalue weighted by molar-refractivity contribution is 5.40. The average molecular weight is 210 g/mol. The standard InChI is InChI=1S/C11H16O2.C2H6/c1-4-5-9-8-10(12-2)6-7-11(9)13-3;1-2/h6-8H,4-5H2,1-3H3;1-2H3. The smallest absolute Gasteiger partial charge is 0.122 e. The van der Waals surface area contributed by atoms with Gasteiger partial charge in [0.2, 0.25) is 0 Å². The maximum atomic E-state index is 5.24. The third kappa shape index (κ3) is 4.24. The van der Waals surface area contributed by atoms with Gasteiger partial charge in [0.15, 0.2) is 0 Å². The van der Waals surface area contributed by atoms with Crippen molar-refractivity contribution in [1.29, 1.82) is 0 Å². The van der Waals surface area contributed by atoms with E-state index in [2.05, 4.69) is 6.92 Å². The molecule has 0 atom stereocenters. The molecule has 0 bridgehead atoms. The van der Waals surface area contributed by atoms with Crippen molar-refractivity contribution in [2.75, 3.05) is 14.2 Å². The highest BCUT2D eigenvalue weighted by Crippen LogP contribution is 2.24. The fourth-order valence-electron chi connectivity index (χ4n) is 1.35. The maximum absolute atomic E-state index is 5.24. The van der Waals surface area contributed by atoms with Gasteiger partial charge in [-0.3, -0.25) is 0 Å². The molecular formula is C13H22O2. The minimum Gasteiger partial charge on any atom is -0.497 e. The predicted octanol–water partition coefficient (Wildman–Crippen LogP) is 3.68. The average Bonchev–Trinajstić information content (AvgIpc) is 2.32. The molecule has 15 heavy (non-hydrogen) atoms. The number of ether oxygens (including phenoxy) is 2. The first-order valence-corrected chi connectivity index (χ1v) is 5.52. The van der Waals surface area contributed by atoms with Crippen molar-refractivity contribution in [1.82, 2.24) is 0 Å². The Kier molecular flexibility index (Phi) is 7.51. The van der Waals surface area contributed by atoms with E-state index in [9.17, 15) is 0 Å². The van der Waals surface area contributed by atoms with Gasteiger partial charge < -0.3 is 9.47 Å². The fraction of sp³-hybridized carbons (Fsp3) is 0.538. The Labute approximate surface area is 93.2 Å². The summed E-state index contributed by atoms with van der Waals surface area (Å²) in [5.74, 6) is 1.84. The van der Waals surface area contributed by atoms with E-state index in [4.69, 9.17) is 9.47 Å². The second-order valence-corrected chi connectivity index (χ2v) is 2.93. The molecule has 0 aliphatic carbocycles. The number of hydrogen-bond donors (Lipinski definition) is 0. The molecule has 2 heteroatoms. The van der Waals surface area contributed by atoms with Crippen LogP contribution >= 0.6 is 0 Å². The highest BCUT2D eigenvalue weighted by atomic mass is 16.5. The lowest BCUT2D eigenvalue weighted by Crippen LogP contribution is -1.93. The lowest BCUT2D eigenvalue weighted by atomic mass is 10.1. The quantitative estimate of drug-likeness (QED) is 0.754. The number of benzene rings is 1. The summed E-state index contributed by atoms with van der Waals surface area (Å²) in [6.07, 6.45) is 2.14. The van der Waals surface area contributed by atoms with Gasteiger partial charge in [0.05, 0.1) is 14.2 Å². The van der Waals surface area contributed by atoms with Crippen LogP contribution in [0, 0.1) is 0 Å². The summed E-state index contributed by atoms with van der Waals surface area (Å²) in [6, 6.07) is 5.89. The molecule has 0 saturated carbocycles. The normalized spacial score (nSPS) is 8.87. The van der Waals surface area contributed by atoms with Gasteiger partial charge in [0, 0.05) is 0 Å². The first-order valence-electron chi connectivity index (χ1n) is 5.52. The van der Waals surface area contributed by atoms with E-state index in [0.29, 0.717) is 0 Å². The van der Waals surface area contributed by atoms with Crippen LogP contribution in [-0.2, 0) is 6.42 Å². The zero-order valence-electron chi connectivity index (χ0n) is 10.5. The van der Waals surface area contributed by atoms with E-state index in [0.717, 1.165) is 24.3 Å². The van der Waals surface area contributed by atoms with Gasteiger partial charge >= 0.3 is 0 Å². The van der Waals surface area contributed by atoms with Crippen LogP contribution in [0.3, 0.4) is 0 Å². The molecule has 1 aromatic carbocycles. The van der Waals surface area contributed by atoms with Crippen LogP contribution in [0.4, 0.5) is 0 Å². The number of rotatable bonds is 4. The van der Waals surface area contributed by atoms with E-state index in [1.54, 1.807) is 14.2 Å². The Balaban J connectivity index is 0.000000921. The molecule has 0 aromatic heterocycles. The zero-order chi connectivity index (χ0) is 11.7. The molecule has 0 saturated heterocycles. The van der Waals surface area contributed by atoms with Crippen molar-refractivity contribution in [3.8, 4) is 11.5 Å². The third-order valence-corrected chi connectivity index (χ3v) is 2.01. The van der Waals surface area contributed by atoms with Crippen molar-refractivity contribution in [3.63, 3.8) is 0 Å². The molecule has 0 heterocycles. The Morgan fingerprint density at radius 2 is 1.73 bits per heavy atom. The summed E-state index contributed by atoms with van der Waals surface area (Å²) in [4.78, 5) is 0. The van der Waals surface area contributed by atoms with Crippen LogP contribution in [0.2, 0.25) is 0 Å². The van der Waals surface area contributed by atoms with Crippen LogP contribution < -0.4 is 9.47 Å². The predicted molar refractivity (Wildman–Crippen MR) is 64.9 cm³/mol. The second-order valence-electron chi connectivity index (χ2n) is 2.93. The topological polar surface area (TPSA) is 18.5 Å². The molecule has 0 aliphatic rings. The Morgan fingerprint density at radius 1 is 1.07 bits per heavy atom. The first kappa shape index (κ1) is 13.8. The molecule has 0 N–H and O–H groups in total. The minimum atomic E-state index is 0.893. The molecule has 2 nitrogen and oxygen atoms in total. The number of hydrogen-bond acceptors (Lipinski definition) is 2. The molecule has 1 aromatic rings. The van der Waals surface area contributed by atoms with Crippen molar-refractivity contribution in [2.24, 2.45) is 0 Å². The van der Waals surface area contributed by atoms with Crippen LogP contribution in [-0.4, -0.2) is 14.2 Å². The molecule has 0 radical (unpaired) electrons. The molecule has 1 rings (SSSR count). The lowest BCUT2D eigenvalue weighted by Gasteiger charge is -2.09. The van der Waals surface area contributed by atoms with E-state index >= 15 is 0 Å². The molecule has 0 unspecified atom stereocenters. The second kappa shape index (κ2) is 8.16. The van der Waals surface area contributed by atoms with Gasteiger partial charge in [-0.25, -0.2) is 0 Å². The number of aryl methyl sites for hydroxylation is 1. The first-order chi connectivity index (χ1) is 7.31. The van der Waals surface area contributed by atoms with Crippen molar-refractivity contribution in [2.45, 2.75) is 33.6 Å². The van der Waals surface area contributed by atoms with Crippen molar-refractivity contribution < 1.29 is 9.47 Å². The maximum Gasteiger partial charge on any atom is 0.122 e. The lowest BCUT2D eigenvalue weighted by molar-refractivity contribution is 0.398. The van der Waals surface area contributed by atoms with Crippen LogP contribution in [0.1, 0.15) is 32.8 Å². The van der Waals surface area contributed by atoms with Crippen molar-refractivity contribution in [3.05, 3.63) is 23.8 Å². The SMILES string of the molecule is CC.CCCc1cc(OC)ccc1OC. The van der Waals surface area contributed by atoms with Crippen LogP contribution in [0.25, 0.3) is 0 Å². The van der Waals surface area contributed by atoms with Gasteiger partial charge in [-0.15, -0.1) is 0 Å². The van der Waals surface area contributed by atoms with Gasteiger partial charge in [-0.05, 0) is 30.2 Å². The van der Waals surface area contributed by atoms with Gasteiger partial charge in [0.1, 0.15) is 11.5 Å².